The minimum atomic E-state index is 0.0748. The van der Waals surface area contributed by atoms with E-state index in [4.69, 9.17) is 9.47 Å². The van der Waals surface area contributed by atoms with Gasteiger partial charge in [0.15, 0.2) is 11.8 Å². The predicted molar refractivity (Wildman–Crippen MR) is 108 cm³/mol. The summed E-state index contributed by atoms with van der Waals surface area (Å²) in [7, 11) is 3.44. The standard InChI is InChI=1S/C20H30N6O2/c1-4-16(28-17-8-6-5-7-9-17)12-22-20(21-2)23-15-10-11-19-24-18(14-27-3)25-26(19)13-15/h5-9,15-16H,4,10-14H2,1-3H3,(H2,21,22,23). The van der Waals surface area contributed by atoms with Gasteiger partial charge >= 0.3 is 0 Å². The molecule has 1 aromatic heterocycles. The van der Waals surface area contributed by atoms with Crippen LogP contribution in [0.1, 0.15) is 31.4 Å². The molecular weight excluding hydrogens is 356 g/mol. The summed E-state index contributed by atoms with van der Waals surface area (Å²) in [5.74, 6) is 3.43. The number of fused-ring (bicyclic) bond motifs is 1. The summed E-state index contributed by atoms with van der Waals surface area (Å²) in [6.07, 6.45) is 2.86. The van der Waals surface area contributed by atoms with Crippen LogP contribution in [0.5, 0.6) is 5.75 Å². The molecule has 0 radical (unpaired) electrons. The average Bonchev–Trinajstić information content (AvgIpc) is 3.12. The van der Waals surface area contributed by atoms with Crippen LogP contribution in [0.15, 0.2) is 35.3 Å². The van der Waals surface area contributed by atoms with Crippen molar-refractivity contribution < 1.29 is 9.47 Å². The summed E-state index contributed by atoms with van der Waals surface area (Å²) in [5, 5.41) is 11.4. The number of para-hydroxylation sites is 1. The Bertz CT molecular complexity index is 761. The van der Waals surface area contributed by atoms with Gasteiger partial charge in [0.1, 0.15) is 24.3 Å². The quantitative estimate of drug-likeness (QED) is 0.531. The zero-order valence-electron chi connectivity index (χ0n) is 16.9. The highest BCUT2D eigenvalue weighted by Gasteiger charge is 2.22. The topological polar surface area (TPSA) is 85.6 Å². The van der Waals surface area contributed by atoms with E-state index in [1.54, 1.807) is 14.2 Å². The van der Waals surface area contributed by atoms with E-state index in [1.807, 2.05) is 35.0 Å². The summed E-state index contributed by atoms with van der Waals surface area (Å²) in [4.78, 5) is 8.88. The summed E-state index contributed by atoms with van der Waals surface area (Å²) in [6.45, 7) is 4.02. The molecule has 2 heterocycles. The molecule has 0 saturated heterocycles. The van der Waals surface area contributed by atoms with Gasteiger partial charge in [-0.15, -0.1) is 0 Å². The first-order valence-electron chi connectivity index (χ1n) is 9.82. The van der Waals surface area contributed by atoms with Crippen molar-refractivity contribution in [2.75, 3.05) is 20.7 Å². The Balaban J connectivity index is 1.50. The lowest BCUT2D eigenvalue weighted by atomic mass is 10.1. The van der Waals surface area contributed by atoms with Crippen LogP contribution in [-0.2, 0) is 24.3 Å². The van der Waals surface area contributed by atoms with Crippen LogP contribution >= 0.6 is 0 Å². The van der Waals surface area contributed by atoms with Gasteiger partial charge < -0.3 is 20.1 Å². The SMILES string of the molecule is CCC(CNC(=NC)NC1CCc2nc(COC)nn2C1)Oc1ccccc1. The molecule has 2 N–H and O–H groups in total. The zero-order chi connectivity index (χ0) is 19.8. The molecule has 2 aromatic rings. The molecular formula is C20H30N6O2. The summed E-state index contributed by atoms with van der Waals surface area (Å²) in [5.41, 5.74) is 0. The van der Waals surface area contributed by atoms with Crippen molar-refractivity contribution in [1.29, 1.82) is 0 Å². The normalized spacial score (nSPS) is 17.7. The van der Waals surface area contributed by atoms with Gasteiger partial charge in [0, 0.05) is 26.6 Å². The third-order valence-electron chi connectivity index (χ3n) is 4.74. The fourth-order valence-corrected chi connectivity index (χ4v) is 3.23. The summed E-state index contributed by atoms with van der Waals surface area (Å²) >= 11 is 0. The Labute approximate surface area is 166 Å². The Morgan fingerprint density at radius 1 is 1.36 bits per heavy atom. The van der Waals surface area contributed by atoms with Gasteiger partial charge in [-0.1, -0.05) is 25.1 Å². The minimum absolute atomic E-state index is 0.0748. The Morgan fingerprint density at radius 3 is 2.89 bits per heavy atom. The molecule has 28 heavy (non-hydrogen) atoms. The van der Waals surface area contributed by atoms with Crippen molar-refractivity contribution >= 4 is 5.96 Å². The molecule has 2 unspecified atom stereocenters. The number of aliphatic imine (C=N–C) groups is 1. The first-order chi connectivity index (χ1) is 13.7. The number of ether oxygens (including phenoxy) is 2. The number of guanidine groups is 1. The fraction of sp³-hybridized carbons (Fsp3) is 0.550. The molecule has 8 heteroatoms. The van der Waals surface area contributed by atoms with Crippen molar-refractivity contribution in [3.8, 4) is 5.75 Å². The van der Waals surface area contributed by atoms with Gasteiger partial charge in [-0.3, -0.25) is 4.99 Å². The second kappa shape index (κ2) is 10.1. The van der Waals surface area contributed by atoms with Gasteiger partial charge in [0.25, 0.3) is 0 Å². The van der Waals surface area contributed by atoms with Crippen molar-refractivity contribution in [2.45, 2.75) is 51.5 Å². The number of hydrogen-bond donors (Lipinski definition) is 2. The van der Waals surface area contributed by atoms with Gasteiger partial charge in [0.05, 0.1) is 13.1 Å². The lowest BCUT2D eigenvalue weighted by molar-refractivity contribution is 0.177. The van der Waals surface area contributed by atoms with Gasteiger partial charge in [-0.2, -0.15) is 5.10 Å². The third kappa shape index (κ3) is 5.45. The van der Waals surface area contributed by atoms with E-state index >= 15 is 0 Å². The lowest BCUT2D eigenvalue weighted by Gasteiger charge is -2.26. The molecule has 1 aliphatic heterocycles. The number of nitrogens with one attached hydrogen (secondary N) is 2. The number of methoxy groups -OCH3 is 1. The van der Waals surface area contributed by atoms with Crippen LogP contribution in [0, 0.1) is 0 Å². The molecule has 2 atom stereocenters. The number of nitrogens with zero attached hydrogens (tertiary/aromatic N) is 4. The summed E-state index contributed by atoms with van der Waals surface area (Å²) in [6, 6.07) is 10.2. The van der Waals surface area contributed by atoms with E-state index < -0.39 is 0 Å². The molecule has 1 aromatic carbocycles. The number of benzene rings is 1. The zero-order valence-corrected chi connectivity index (χ0v) is 16.9. The number of rotatable bonds is 8. The first-order valence-corrected chi connectivity index (χ1v) is 9.82. The number of hydrogen-bond acceptors (Lipinski definition) is 5. The maximum absolute atomic E-state index is 6.04. The maximum Gasteiger partial charge on any atom is 0.191 e. The Kier molecular flexibility index (Phi) is 7.25. The van der Waals surface area contributed by atoms with E-state index in [0.717, 1.165) is 49.2 Å². The van der Waals surface area contributed by atoms with E-state index in [2.05, 4.69) is 32.6 Å². The van der Waals surface area contributed by atoms with E-state index in [1.165, 1.54) is 0 Å². The molecule has 0 fully saturated rings. The van der Waals surface area contributed by atoms with E-state index in [9.17, 15) is 0 Å². The Morgan fingerprint density at radius 2 is 2.18 bits per heavy atom. The highest BCUT2D eigenvalue weighted by Crippen LogP contribution is 2.14. The minimum Gasteiger partial charge on any atom is -0.489 e. The average molecular weight is 387 g/mol. The van der Waals surface area contributed by atoms with Crippen LogP contribution in [-0.4, -0.2) is 53.6 Å². The van der Waals surface area contributed by atoms with Crippen LogP contribution in [0.3, 0.4) is 0 Å². The second-order valence-electron chi connectivity index (χ2n) is 6.85. The monoisotopic (exact) mass is 386 g/mol. The van der Waals surface area contributed by atoms with Gasteiger partial charge in [-0.05, 0) is 25.0 Å². The Hall–Kier alpha value is -2.61. The molecule has 8 nitrogen and oxygen atoms in total. The second-order valence-corrected chi connectivity index (χ2v) is 6.85. The predicted octanol–water partition coefficient (Wildman–Crippen LogP) is 1.76. The smallest absolute Gasteiger partial charge is 0.191 e. The van der Waals surface area contributed by atoms with Crippen LogP contribution in [0.4, 0.5) is 0 Å². The molecule has 1 aliphatic rings. The van der Waals surface area contributed by atoms with Crippen LogP contribution in [0.25, 0.3) is 0 Å². The van der Waals surface area contributed by atoms with Crippen molar-refractivity contribution in [3.63, 3.8) is 0 Å². The molecule has 0 amide bonds. The fourth-order valence-electron chi connectivity index (χ4n) is 3.23. The maximum atomic E-state index is 6.04. The first kappa shape index (κ1) is 20.1. The largest absolute Gasteiger partial charge is 0.489 e. The van der Waals surface area contributed by atoms with E-state index in [0.29, 0.717) is 13.2 Å². The van der Waals surface area contributed by atoms with Gasteiger partial charge in [-0.25, -0.2) is 9.67 Å². The van der Waals surface area contributed by atoms with Crippen LogP contribution in [0.2, 0.25) is 0 Å². The van der Waals surface area contributed by atoms with E-state index in [-0.39, 0.29) is 12.1 Å². The highest BCUT2D eigenvalue weighted by atomic mass is 16.5. The van der Waals surface area contributed by atoms with Crippen molar-refractivity contribution in [3.05, 3.63) is 42.0 Å². The molecule has 0 saturated carbocycles. The van der Waals surface area contributed by atoms with Crippen molar-refractivity contribution in [1.82, 2.24) is 25.4 Å². The number of aryl methyl sites for hydroxylation is 1. The molecule has 3 rings (SSSR count). The molecule has 0 aliphatic carbocycles. The highest BCUT2D eigenvalue weighted by molar-refractivity contribution is 5.80. The number of aromatic nitrogens is 3. The molecule has 0 bridgehead atoms. The van der Waals surface area contributed by atoms with Crippen molar-refractivity contribution in [2.24, 2.45) is 4.99 Å². The molecule has 0 spiro atoms. The molecule has 152 valence electrons. The van der Waals surface area contributed by atoms with Gasteiger partial charge in [0.2, 0.25) is 0 Å². The van der Waals surface area contributed by atoms with Crippen LogP contribution < -0.4 is 15.4 Å². The lowest BCUT2D eigenvalue weighted by Crippen LogP contribution is -2.49. The summed E-state index contributed by atoms with van der Waals surface area (Å²) < 4.78 is 13.1. The third-order valence-corrected chi connectivity index (χ3v) is 4.74.